The van der Waals surface area contributed by atoms with Crippen LogP contribution < -0.4 is 5.32 Å². The van der Waals surface area contributed by atoms with Crippen LogP contribution in [0.5, 0.6) is 0 Å². The van der Waals surface area contributed by atoms with Gasteiger partial charge in [0.25, 0.3) is 5.91 Å². The van der Waals surface area contributed by atoms with Crippen molar-refractivity contribution >= 4 is 40.1 Å². The molecule has 188 valence electrons. The van der Waals surface area contributed by atoms with Crippen LogP contribution in [0.1, 0.15) is 46.7 Å². The molecule has 2 atom stereocenters. The van der Waals surface area contributed by atoms with Gasteiger partial charge in [-0.05, 0) is 55.7 Å². The fraction of sp³-hybridized carbons (Fsp3) is 0.241. The summed E-state index contributed by atoms with van der Waals surface area (Å²) in [5.74, 6) is -0.909. The predicted molar refractivity (Wildman–Crippen MR) is 146 cm³/mol. The summed E-state index contributed by atoms with van der Waals surface area (Å²) in [6.07, 6.45) is 0.591. The maximum absolute atomic E-state index is 13.6. The minimum absolute atomic E-state index is 0.00735. The Morgan fingerprint density at radius 2 is 1.73 bits per heavy atom. The Morgan fingerprint density at radius 3 is 2.43 bits per heavy atom. The van der Waals surface area contributed by atoms with Crippen molar-refractivity contribution in [2.75, 3.05) is 5.32 Å². The number of carbonyl (C=O) groups excluding carboxylic acids is 2. The molecule has 37 heavy (non-hydrogen) atoms. The summed E-state index contributed by atoms with van der Waals surface area (Å²) in [7, 11) is 0. The van der Waals surface area contributed by atoms with Crippen molar-refractivity contribution in [2.24, 2.45) is 10.1 Å². The first-order chi connectivity index (χ1) is 17.8. The van der Waals surface area contributed by atoms with E-state index in [9.17, 15) is 14.0 Å². The van der Waals surface area contributed by atoms with Gasteiger partial charge in [0, 0.05) is 18.5 Å². The van der Waals surface area contributed by atoms with E-state index in [-0.39, 0.29) is 30.1 Å². The molecule has 0 saturated heterocycles. The lowest BCUT2D eigenvalue weighted by Crippen LogP contribution is -2.25. The molecule has 0 saturated carbocycles. The number of benzene rings is 3. The molecule has 2 aliphatic rings. The van der Waals surface area contributed by atoms with Crippen LogP contribution in [-0.4, -0.2) is 33.0 Å². The number of amides is 2. The summed E-state index contributed by atoms with van der Waals surface area (Å²) < 4.78 is 13.6. The third-order valence-corrected chi connectivity index (χ3v) is 7.64. The average Bonchev–Trinajstić information content (AvgIpc) is 3.46. The molecule has 3 aromatic carbocycles. The number of hydrogen-bond donors (Lipinski definition) is 1. The Bertz CT molecular complexity index is 1420. The van der Waals surface area contributed by atoms with Crippen molar-refractivity contribution < 1.29 is 14.0 Å². The van der Waals surface area contributed by atoms with Crippen molar-refractivity contribution in [2.45, 2.75) is 44.9 Å². The monoisotopic (exact) mass is 514 g/mol. The average molecular weight is 515 g/mol. The Balaban J connectivity index is 1.35. The predicted octanol–water partition coefficient (Wildman–Crippen LogP) is 5.93. The third-order valence-electron chi connectivity index (χ3n) is 6.50. The molecule has 0 radical (unpaired) electrons. The van der Waals surface area contributed by atoms with E-state index in [1.54, 1.807) is 17.1 Å². The van der Waals surface area contributed by atoms with Gasteiger partial charge < -0.3 is 5.32 Å². The van der Waals surface area contributed by atoms with Crippen molar-refractivity contribution in [1.29, 1.82) is 0 Å². The summed E-state index contributed by atoms with van der Waals surface area (Å²) in [5.41, 5.74) is 6.68. The SMILES string of the molecule is Cc1ccc(C2=NN(C3=NC(=O)[C@@H](CC(=O)Nc4ccc(C)cc4C)S3)[C@H](c3ccc(F)cc3)C2)cc1. The Labute approximate surface area is 219 Å². The van der Waals surface area contributed by atoms with Gasteiger partial charge in [-0.1, -0.05) is 71.4 Å². The number of anilines is 1. The topological polar surface area (TPSA) is 74.1 Å². The third kappa shape index (κ3) is 5.49. The maximum atomic E-state index is 13.6. The normalized spacial score (nSPS) is 19.1. The molecule has 0 bridgehead atoms. The molecule has 0 aromatic heterocycles. The van der Waals surface area contributed by atoms with Gasteiger partial charge in [0.15, 0.2) is 5.17 Å². The quantitative estimate of drug-likeness (QED) is 0.458. The van der Waals surface area contributed by atoms with Crippen molar-refractivity contribution in [1.82, 2.24) is 5.01 Å². The number of amidine groups is 1. The number of hydrazone groups is 1. The number of nitrogens with one attached hydrogen (secondary N) is 1. The van der Waals surface area contributed by atoms with Gasteiger partial charge in [0.1, 0.15) is 11.1 Å². The smallest absolute Gasteiger partial charge is 0.262 e. The molecule has 0 aliphatic carbocycles. The fourth-order valence-electron chi connectivity index (χ4n) is 4.48. The van der Waals surface area contributed by atoms with E-state index in [2.05, 4.69) is 10.3 Å². The molecule has 0 fully saturated rings. The number of thioether (sulfide) groups is 1. The molecule has 2 heterocycles. The highest BCUT2D eigenvalue weighted by atomic mass is 32.2. The van der Waals surface area contributed by atoms with Crippen molar-refractivity contribution in [3.63, 3.8) is 0 Å². The zero-order chi connectivity index (χ0) is 26.1. The van der Waals surface area contributed by atoms with Gasteiger partial charge in [0.05, 0.1) is 11.8 Å². The van der Waals surface area contributed by atoms with Gasteiger partial charge in [0.2, 0.25) is 5.91 Å². The number of rotatable bonds is 5. The second-order valence-electron chi connectivity index (χ2n) is 9.44. The first kappa shape index (κ1) is 24.9. The first-order valence-electron chi connectivity index (χ1n) is 12.1. The zero-order valence-electron chi connectivity index (χ0n) is 20.9. The lowest BCUT2D eigenvalue weighted by Gasteiger charge is -2.23. The molecule has 8 heteroatoms. The van der Waals surface area contributed by atoms with Gasteiger partial charge in [-0.3, -0.25) is 9.59 Å². The molecule has 2 amide bonds. The minimum Gasteiger partial charge on any atom is -0.326 e. The van der Waals surface area contributed by atoms with E-state index in [1.807, 2.05) is 63.2 Å². The highest BCUT2D eigenvalue weighted by Crippen LogP contribution is 2.38. The Kier molecular flexibility index (Phi) is 6.93. The molecule has 1 N–H and O–H groups in total. The second-order valence-corrected chi connectivity index (χ2v) is 10.6. The van der Waals surface area contributed by atoms with E-state index < -0.39 is 5.25 Å². The highest BCUT2D eigenvalue weighted by molar-refractivity contribution is 8.15. The molecule has 5 rings (SSSR count). The van der Waals surface area contributed by atoms with Gasteiger partial charge in [-0.2, -0.15) is 10.1 Å². The van der Waals surface area contributed by atoms with Gasteiger partial charge in [-0.15, -0.1) is 0 Å². The van der Waals surface area contributed by atoms with Crippen LogP contribution in [0.4, 0.5) is 10.1 Å². The number of halogens is 1. The zero-order valence-corrected chi connectivity index (χ0v) is 21.7. The van der Waals surface area contributed by atoms with E-state index in [4.69, 9.17) is 5.10 Å². The van der Waals surface area contributed by atoms with Crippen LogP contribution in [0.15, 0.2) is 76.8 Å². The summed E-state index contributed by atoms with van der Waals surface area (Å²) in [6.45, 7) is 5.96. The summed E-state index contributed by atoms with van der Waals surface area (Å²) in [6, 6.07) is 20.0. The molecule has 6 nitrogen and oxygen atoms in total. The van der Waals surface area contributed by atoms with Crippen molar-refractivity contribution in [3.05, 3.63) is 100 Å². The van der Waals surface area contributed by atoms with Gasteiger partial charge >= 0.3 is 0 Å². The summed E-state index contributed by atoms with van der Waals surface area (Å²) >= 11 is 1.25. The molecular weight excluding hydrogens is 487 g/mol. The number of aliphatic imine (C=N–C) groups is 1. The lowest BCUT2D eigenvalue weighted by molar-refractivity contribution is -0.121. The standard InChI is InChI=1S/C29H27FN4O2S/c1-17-4-7-20(8-5-17)24-15-25(21-9-11-22(30)12-10-21)34(33-24)29-32-28(36)26(37-29)16-27(35)31-23-13-6-18(2)14-19(23)3/h4-14,25-26H,15-16H2,1-3H3,(H,31,35)/t25-,26+/m0/s1. The highest BCUT2D eigenvalue weighted by Gasteiger charge is 2.39. The number of hydrogen-bond acceptors (Lipinski definition) is 5. The van der Waals surface area contributed by atoms with E-state index in [0.717, 1.165) is 39.2 Å². The number of nitrogens with zero attached hydrogens (tertiary/aromatic N) is 3. The van der Waals surface area contributed by atoms with Gasteiger partial charge in [-0.25, -0.2) is 9.40 Å². The largest absolute Gasteiger partial charge is 0.326 e. The van der Waals surface area contributed by atoms with Crippen LogP contribution >= 0.6 is 11.8 Å². The first-order valence-corrected chi connectivity index (χ1v) is 13.0. The van der Waals surface area contributed by atoms with E-state index >= 15 is 0 Å². The lowest BCUT2D eigenvalue weighted by atomic mass is 9.98. The molecule has 0 spiro atoms. The summed E-state index contributed by atoms with van der Waals surface area (Å²) in [4.78, 5) is 29.8. The Morgan fingerprint density at radius 1 is 1.03 bits per heavy atom. The number of carbonyl (C=O) groups is 2. The molecule has 3 aromatic rings. The van der Waals surface area contributed by atoms with Crippen LogP contribution in [0.3, 0.4) is 0 Å². The minimum atomic E-state index is -0.631. The van der Waals surface area contributed by atoms with Crippen LogP contribution in [-0.2, 0) is 9.59 Å². The molecule has 2 aliphatic heterocycles. The number of aryl methyl sites for hydroxylation is 3. The second kappa shape index (κ2) is 10.3. The molecule has 0 unspecified atom stereocenters. The van der Waals surface area contributed by atoms with Crippen LogP contribution in [0.25, 0.3) is 0 Å². The van der Waals surface area contributed by atoms with E-state index in [0.29, 0.717) is 11.6 Å². The van der Waals surface area contributed by atoms with Crippen molar-refractivity contribution in [3.8, 4) is 0 Å². The fourth-order valence-corrected chi connectivity index (χ4v) is 5.54. The molecular formula is C29H27FN4O2S. The van der Waals surface area contributed by atoms with Crippen LogP contribution in [0.2, 0.25) is 0 Å². The van der Waals surface area contributed by atoms with E-state index in [1.165, 1.54) is 23.9 Å². The summed E-state index contributed by atoms with van der Waals surface area (Å²) in [5, 5.41) is 9.31. The maximum Gasteiger partial charge on any atom is 0.262 e. The Hall–Kier alpha value is -3.78. The van der Waals surface area contributed by atoms with Crippen LogP contribution in [0, 0.1) is 26.6 Å².